The first-order valence-electron chi connectivity index (χ1n) is 6.74. The zero-order valence-electron chi connectivity index (χ0n) is 11.8. The minimum atomic E-state index is -0.163. The van der Waals surface area contributed by atoms with E-state index in [-0.39, 0.29) is 17.7 Å². The average Bonchev–Trinajstić information content (AvgIpc) is 3.03. The van der Waals surface area contributed by atoms with Crippen LogP contribution in [0.4, 0.5) is 0 Å². The van der Waals surface area contributed by atoms with Crippen LogP contribution in [-0.4, -0.2) is 55.1 Å². The van der Waals surface area contributed by atoms with E-state index in [1.54, 1.807) is 18.0 Å². The molecule has 0 radical (unpaired) electrons. The Kier molecular flexibility index (Phi) is 5.71. The van der Waals surface area contributed by atoms with Crippen molar-refractivity contribution in [1.82, 2.24) is 15.1 Å². The maximum absolute atomic E-state index is 12.7. The lowest BCUT2D eigenvalue weighted by Gasteiger charge is -2.18. The molecule has 112 valence electrons. The minimum absolute atomic E-state index is 0.0638. The maximum atomic E-state index is 12.7. The Balaban J connectivity index is 2.17. The van der Waals surface area contributed by atoms with Gasteiger partial charge in [0.25, 0.3) is 0 Å². The Hall–Kier alpha value is -0.760. The van der Waals surface area contributed by atoms with Crippen molar-refractivity contribution < 1.29 is 14.3 Å². The Morgan fingerprint density at radius 3 is 3.15 bits per heavy atom. The molecule has 1 saturated heterocycles. The molecule has 1 N–H and O–H groups in total. The van der Waals surface area contributed by atoms with E-state index < -0.39 is 0 Å². The van der Waals surface area contributed by atoms with Crippen LogP contribution in [0.25, 0.3) is 0 Å². The van der Waals surface area contributed by atoms with Gasteiger partial charge in [-0.25, -0.2) is 0 Å². The fraction of sp³-hybridized carbons (Fsp3) is 0.692. The molecule has 1 aromatic rings. The zero-order chi connectivity index (χ0) is 14.5. The van der Waals surface area contributed by atoms with Gasteiger partial charge < -0.3 is 14.8 Å². The summed E-state index contributed by atoms with van der Waals surface area (Å²) in [5, 5.41) is 7.53. The zero-order valence-corrected chi connectivity index (χ0v) is 13.4. The number of ketones is 1. The van der Waals surface area contributed by atoms with Crippen molar-refractivity contribution in [2.75, 3.05) is 33.5 Å². The molecule has 20 heavy (non-hydrogen) atoms. The average molecular weight is 346 g/mol. The van der Waals surface area contributed by atoms with Crippen LogP contribution in [-0.2, 0) is 16.0 Å². The lowest BCUT2D eigenvalue weighted by atomic mass is 9.96. The molecule has 1 aliphatic heterocycles. The first-order valence-corrected chi connectivity index (χ1v) is 7.53. The van der Waals surface area contributed by atoms with Crippen LogP contribution in [0.5, 0.6) is 0 Å². The summed E-state index contributed by atoms with van der Waals surface area (Å²) < 4.78 is 12.9. The summed E-state index contributed by atoms with van der Waals surface area (Å²) in [5.74, 6) is -0.0989. The van der Waals surface area contributed by atoms with E-state index in [0.717, 1.165) is 11.0 Å². The fourth-order valence-electron chi connectivity index (χ4n) is 2.41. The fourth-order valence-corrected chi connectivity index (χ4v) is 2.90. The number of rotatable bonds is 7. The molecule has 1 aromatic heterocycles. The quantitative estimate of drug-likeness (QED) is 0.749. The first-order chi connectivity index (χ1) is 9.69. The number of Topliss-reactive ketones (excluding diaryl/α,β-unsaturated/α-hetero) is 1. The second-order valence-corrected chi connectivity index (χ2v) is 5.58. The van der Waals surface area contributed by atoms with Crippen molar-refractivity contribution in [3.05, 3.63) is 16.4 Å². The van der Waals surface area contributed by atoms with Gasteiger partial charge in [0.2, 0.25) is 0 Å². The Morgan fingerprint density at radius 1 is 1.65 bits per heavy atom. The van der Waals surface area contributed by atoms with Crippen molar-refractivity contribution in [2.24, 2.45) is 5.92 Å². The highest BCUT2D eigenvalue weighted by atomic mass is 79.9. The van der Waals surface area contributed by atoms with Crippen molar-refractivity contribution in [3.63, 3.8) is 0 Å². The number of likely N-dealkylation sites (N-methyl/N-ethyl adjacent to an activating group) is 1. The minimum Gasteiger partial charge on any atom is -0.383 e. The van der Waals surface area contributed by atoms with Crippen LogP contribution in [0.15, 0.2) is 10.7 Å². The van der Waals surface area contributed by atoms with E-state index in [0.29, 0.717) is 32.1 Å². The van der Waals surface area contributed by atoms with Crippen LogP contribution in [0, 0.1) is 5.92 Å². The van der Waals surface area contributed by atoms with E-state index in [1.165, 1.54) is 0 Å². The molecule has 0 saturated carbocycles. The number of carbonyl (C=O) groups is 1. The van der Waals surface area contributed by atoms with Crippen LogP contribution < -0.4 is 5.32 Å². The van der Waals surface area contributed by atoms with E-state index in [1.807, 2.05) is 6.92 Å². The maximum Gasteiger partial charge on any atom is 0.189 e. The Labute approximate surface area is 126 Å². The monoisotopic (exact) mass is 345 g/mol. The normalized spacial score (nSPS) is 22.4. The van der Waals surface area contributed by atoms with Crippen molar-refractivity contribution >= 4 is 21.7 Å². The summed E-state index contributed by atoms with van der Waals surface area (Å²) in [6.45, 7) is 4.96. The number of hydrogen-bond donors (Lipinski definition) is 1. The van der Waals surface area contributed by atoms with Gasteiger partial charge in [-0.2, -0.15) is 5.10 Å². The molecule has 7 heteroatoms. The number of nitrogens with one attached hydrogen (secondary N) is 1. The molecule has 0 amide bonds. The molecule has 0 bridgehead atoms. The molecule has 2 heterocycles. The number of hydrogen-bond acceptors (Lipinski definition) is 5. The van der Waals surface area contributed by atoms with Crippen molar-refractivity contribution in [3.8, 4) is 0 Å². The number of halogens is 1. The van der Waals surface area contributed by atoms with E-state index >= 15 is 0 Å². The van der Waals surface area contributed by atoms with E-state index in [9.17, 15) is 4.79 Å². The smallest absolute Gasteiger partial charge is 0.189 e. The predicted octanol–water partition coefficient (Wildman–Crippen LogP) is 1.10. The summed E-state index contributed by atoms with van der Waals surface area (Å²) in [6, 6.07) is 0.0742. The third-order valence-electron chi connectivity index (χ3n) is 3.42. The lowest BCUT2D eigenvalue weighted by molar-refractivity contribution is 0.0876. The highest BCUT2D eigenvalue weighted by molar-refractivity contribution is 9.10. The van der Waals surface area contributed by atoms with Gasteiger partial charge in [-0.1, -0.05) is 6.92 Å². The molecule has 6 nitrogen and oxygen atoms in total. The second-order valence-electron chi connectivity index (χ2n) is 4.73. The first kappa shape index (κ1) is 15.6. The Morgan fingerprint density at radius 2 is 2.45 bits per heavy atom. The van der Waals surface area contributed by atoms with Gasteiger partial charge in [-0.05, 0) is 22.5 Å². The molecule has 1 aliphatic rings. The van der Waals surface area contributed by atoms with Gasteiger partial charge in [0, 0.05) is 13.2 Å². The molecule has 2 rings (SSSR count). The topological polar surface area (TPSA) is 65.4 Å². The highest BCUT2D eigenvalue weighted by Crippen LogP contribution is 2.24. The van der Waals surface area contributed by atoms with Crippen LogP contribution in [0.3, 0.4) is 0 Å². The van der Waals surface area contributed by atoms with Crippen LogP contribution >= 0.6 is 15.9 Å². The van der Waals surface area contributed by atoms with Gasteiger partial charge >= 0.3 is 0 Å². The van der Waals surface area contributed by atoms with Gasteiger partial charge in [0.15, 0.2) is 5.78 Å². The molecule has 2 unspecified atom stereocenters. The third kappa shape index (κ3) is 3.28. The van der Waals surface area contributed by atoms with Gasteiger partial charge in [-0.15, -0.1) is 0 Å². The standard InChI is InChI=1S/C13H20BrN3O3/c1-3-15-11-8-20-7-9(11)13(18)12-10(14)6-16-17(12)4-5-19-2/h6,9,11,15H,3-5,7-8H2,1-2H3. The van der Waals surface area contributed by atoms with Crippen LogP contribution in [0.2, 0.25) is 0 Å². The summed E-state index contributed by atoms with van der Waals surface area (Å²) in [4.78, 5) is 12.7. The number of carbonyl (C=O) groups excluding carboxylic acids is 1. The summed E-state index contributed by atoms with van der Waals surface area (Å²) in [5.41, 5.74) is 0.598. The number of ether oxygens (including phenoxy) is 2. The molecular weight excluding hydrogens is 326 g/mol. The van der Waals surface area contributed by atoms with Gasteiger partial charge in [0.05, 0.1) is 43.0 Å². The number of nitrogens with zero attached hydrogens (tertiary/aromatic N) is 2. The van der Waals surface area contributed by atoms with Crippen molar-refractivity contribution in [2.45, 2.75) is 19.5 Å². The Bertz CT molecular complexity index is 464. The largest absolute Gasteiger partial charge is 0.383 e. The highest BCUT2D eigenvalue weighted by Gasteiger charge is 2.36. The van der Waals surface area contributed by atoms with Gasteiger partial charge in [-0.3, -0.25) is 9.48 Å². The van der Waals surface area contributed by atoms with E-state index in [2.05, 4.69) is 26.3 Å². The molecule has 0 spiro atoms. The summed E-state index contributed by atoms with van der Waals surface area (Å²) in [6.07, 6.45) is 1.65. The third-order valence-corrected chi connectivity index (χ3v) is 4.00. The van der Waals surface area contributed by atoms with Crippen LogP contribution in [0.1, 0.15) is 17.4 Å². The SMILES string of the molecule is CCNC1COCC1C(=O)c1c(Br)cnn1CCOC. The summed E-state index contributed by atoms with van der Waals surface area (Å²) >= 11 is 3.41. The second kappa shape index (κ2) is 7.31. The summed E-state index contributed by atoms with van der Waals surface area (Å²) in [7, 11) is 1.63. The van der Waals surface area contributed by atoms with Crippen molar-refractivity contribution in [1.29, 1.82) is 0 Å². The molecule has 1 fully saturated rings. The molecule has 2 atom stereocenters. The number of aromatic nitrogens is 2. The molecule has 0 aromatic carbocycles. The van der Waals surface area contributed by atoms with E-state index in [4.69, 9.17) is 9.47 Å². The lowest BCUT2D eigenvalue weighted by Crippen LogP contribution is -2.39. The van der Waals surface area contributed by atoms with Gasteiger partial charge in [0.1, 0.15) is 5.69 Å². The molecule has 0 aliphatic carbocycles. The predicted molar refractivity (Wildman–Crippen MR) is 77.9 cm³/mol. The molecular formula is C13H20BrN3O3. The number of methoxy groups -OCH3 is 1.